The third kappa shape index (κ3) is 4.24. The number of rotatable bonds is 7. The number of carbonyl (C=O) groups excluding carboxylic acids is 2. The van der Waals surface area contributed by atoms with E-state index in [9.17, 15) is 19.1 Å². The number of aliphatic hydroxyl groups is 1. The average Bonchev–Trinajstić information content (AvgIpc) is 3.45. The summed E-state index contributed by atoms with van der Waals surface area (Å²) in [5.74, 6) is -1.72. The minimum Gasteiger partial charge on any atom is -0.507 e. The fourth-order valence-corrected chi connectivity index (χ4v) is 4.18. The van der Waals surface area contributed by atoms with Gasteiger partial charge in [-0.2, -0.15) is 0 Å². The van der Waals surface area contributed by atoms with Crippen molar-refractivity contribution in [2.45, 2.75) is 12.5 Å². The number of benzene rings is 2. The van der Waals surface area contributed by atoms with Gasteiger partial charge in [0.2, 0.25) is 0 Å². The van der Waals surface area contributed by atoms with Crippen LogP contribution in [-0.2, 0) is 16.0 Å². The van der Waals surface area contributed by atoms with Crippen LogP contribution in [0.25, 0.3) is 5.76 Å². The highest BCUT2D eigenvalue weighted by Gasteiger charge is 2.47. The Balaban J connectivity index is 1.80. The summed E-state index contributed by atoms with van der Waals surface area (Å²) < 4.78 is 29.4. The van der Waals surface area contributed by atoms with Gasteiger partial charge in [-0.15, -0.1) is 0 Å². The maximum Gasteiger partial charge on any atom is 0.295 e. The molecule has 176 valence electrons. The summed E-state index contributed by atoms with van der Waals surface area (Å²) in [5, 5.41) is 11.5. The van der Waals surface area contributed by atoms with Crippen molar-refractivity contribution in [3.63, 3.8) is 0 Å². The minimum atomic E-state index is -0.971. The normalized spacial score (nSPS) is 17.3. The molecule has 1 aliphatic heterocycles. The Morgan fingerprint density at radius 3 is 2.44 bits per heavy atom. The second-order valence-corrected chi connectivity index (χ2v) is 7.98. The fraction of sp³-hybridized carbons (Fsp3) is 0.200. The first-order chi connectivity index (χ1) is 16.3. The highest BCUT2D eigenvalue weighted by molar-refractivity contribution is 6.46. The molecule has 4 rings (SSSR count). The molecule has 1 N–H and O–H groups in total. The number of furan rings is 1. The summed E-state index contributed by atoms with van der Waals surface area (Å²) in [5.41, 5.74) is 0.768. The van der Waals surface area contributed by atoms with E-state index >= 15 is 0 Å². The van der Waals surface area contributed by atoms with Crippen LogP contribution < -0.4 is 9.47 Å². The van der Waals surface area contributed by atoms with E-state index < -0.39 is 23.5 Å². The van der Waals surface area contributed by atoms with Crippen LogP contribution in [0.2, 0.25) is 5.02 Å². The first-order valence-corrected chi connectivity index (χ1v) is 10.7. The summed E-state index contributed by atoms with van der Waals surface area (Å²) in [6.45, 7) is 0.138. The van der Waals surface area contributed by atoms with Gasteiger partial charge in [-0.3, -0.25) is 9.59 Å². The van der Waals surface area contributed by atoms with Crippen LogP contribution in [0.1, 0.15) is 22.9 Å². The zero-order chi connectivity index (χ0) is 24.4. The number of halogens is 2. The SMILES string of the molecule is COc1cc(/C(O)=C2\C(=O)C(=O)N(CCc3ccc(F)cc3)C2c2ccco2)c(OC)cc1Cl. The molecule has 7 nitrogen and oxygen atoms in total. The second-order valence-electron chi connectivity index (χ2n) is 7.57. The summed E-state index contributed by atoms with van der Waals surface area (Å²) in [6.07, 6.45) is 1.78. The lowest BCUT2D eigenvalue weighted by Gasteiger charge is -2.23. The van der Waals surface area contributed by atoms with Gasteiger partial charge >= 0.3 is 0 Å². The molecule has 1 aromatic heterocycles. The topological polar surface area (TPSA) is 89.2 Å². The maximum absolute atomic E-state index is 13.2. The Labute approximate surface area is 200 Å². The molecule has 9 heteroatoms. The van der Waals surface area contributed by atoms with Crippen molar-refractivity contribution >= 4 is 29.1 Å². The van der Waals surface area contributed by atoms with E-state index in [0.29, 0.717) is 12.2 Å². The number of amides is 1. The lowest BCUT2D eigenvalue weighted by atomic mass is 9.98. The molecule has 0 aliphatic carbocycles. The van der Waals surface area contributed by atoms with Crippen molar-refractivity contribution in [2.75, 3.05) is 20.8 Å². The van der Waals surface area contributed by atoms with E-state index in [4.69, 9.17) is 25.5 Å². The number of carbonyl (C=O) groups is 2. The Kier molecular flexibility index (Phi) is 6.61. The highest BCUT2D eigenvalue weighted by atomic mass is 35.5. The molecular formula is C25H21ClFNO6. The Bertz CT molecular complexity index is 1250. The minimum absolute atomic E-state index is 0.136. The number of hydrogen-bond donors (Lipinski definition) is 1. The van der Waals surface area contributed by atoms with Gasteiger partial charge in [-0.05, 0) is 42.3 Å². The van der Waals surface area contributed by atoms with Crippen molar-refractivity contribution in [1.29, 1.82) is 0 Å². The van der Waals surface area contributed by atoms with Gasteiger partial charge in [0.05, 0.1) is 36.6 Å². The van der Waals surface area contributed by atoms with Crippen LogP contribution >= 0.6 is 11.6 Å². The molecule has 0 spiro atoms. The molecular weight excluding hydrogens is 465 g/mol. The number of hydrogen-bond acceptors (Lipinski definition) is 6. The van der Waals surface area contributed by atoms with Crippen LogP contribution in [0.15, 0.2) is 64.8 Å². The monoisotopic (exact) mass is 485 g/mol. The van der Waals surface area contributed by atoms with E-state index in [2.05, 4.69) is 0 Å². The summed E-state index contributed by atoms with van der Waals surface area (Å²) >= 11 is 6.17. The summed E-state index contributed by atoms with van der Waals surface area (Å²) in [6, 6.07) is 11.0. The number of nitrogens with zero attached hydrogens (tertiary/aromatic N) is 1. The molecule has 2 heterocycles. The van der Waals surface area contributed by atoms with Gasteiger partial charge in [-0.25, -0.2) is 4.39 Å². The predicted octanol–water partition coefficient (Wildman–Crippen LogP) is 4.75. The van der Waals surface area contributed by atoms with Crippen molar-refractivity contribution in [3.8, 4) is 11.5 Å². The molecule has 1 fully saturated rings. The number of methoxy groups -OCH3 is 2. The van der Waals surface area contributed by atoms with Gasteiger partial charge < -0.3 is 23.9 Å². The molecule has 2 aromatic carbocycles. The molecule has 0 radical (unpaired) electrons. The zero-order valence-corrected chi connectivity index (χ0v) is 19.1. The summed E-state index contributed by atoms with van der Waals surface area (Å²) in [4.78, 5) is 27.5. The lowest BCUT2D eigenvalue weighted by molar-refractivity contribution is -0.140. The molecule has 1 saturated heterocycles. The van der Waals surface area contributed by atoms with E-state index in [1.54, 1.807) is 24.3 Å². The van der Waals surface area contributed by atoms with Crippen LogP contribution in [0.4, 0.5) is 4.39 Å². The smallest absolute Gasteiger partial charge is 0.295 e. The number of Topliss-reactive ketones (excluding diaryl/α,β-unsaturated/α-hetero) is 1. The van der Waals surface area contributed by atoms with E-state index in [0.717, 1.165) is 5.56 Å². The van der Waals surface area contributed by atoms with Crippen LogP contribution in [0.3, 0.4) is 0 Å². The van der Waals surface area contributed by atoms with Crippen molar-refractivity contribution < 1.29 is 33.0 Å². The maximum atomic E-state index is 13.2. The summed E-state index contributed by atoms with van der Waals surface area (Å²) in [7, 11) is 2.80. The van der Waals surface area contributed by atoms with E-state index in [1.165, 1.54) is 49.6 Å². The van der Waals surface area contributed by atoms with Crippen molar-refractivity contribution in [1.82, 2.24) is 4.90 Å². The molecule has 1 unspecified atom stereocenters. The first kappa shape index (κ1) is 23.4. The molecule has 0 bridgehead atoms. The highest BCUT2D eigenvalue weighted by Crippen LogP contribution is 2.43. The van der Waals surface area contributed by atoms with Gasteiger partial charge in [0, 0.05) is 12.6 Å². The first-order valence-electron chi connectivity index (χ1n) is 10.3. The molecule has 3 aromatic rings. The molecule has 1 aliphatic rings. The second kappa shape index (κ2) is 9.61. The molecule has 1 amide bonds. The Morgan fingerprint density at radius 1 is 1.12 bits per heavy atom. The standard InChI is InChI=1S/C25H21ClFNO6/c1-32-19-13-17(26)20(33-2)12-16(19)23(29)21-22(18-4-3-11-34-18)28(25(31)24(21)30)10-9-14-5-7-15(27)8-6-14/h3-8,11-13,22,29H,9-10H2,1-2H3/b23-21+. The zero-order valence-electron chi connectivity index (χ0n) is 18.4. The van der Waals surface area contributed by atoms with Crippen LogP contribution in [0, 0.1) is 5.82 Å². The Hall–Kier alpha value is -3.78. The number of ether oxygens (including phenoxy) is 2. The number of likely N-dealkylation sites (tertiary alicyclic amines) is 1. The largest absolute Gasteiger partial charge is 0.507 e. The van der Waals surface area contributed by atoms with Gasteiger partial charge in [-0.1, -0.05) is 23.7 Å². The molecule has 1 atom stereocenters. The van der Waals surface area contributed by atoms with E-state index in [1.807, 2.05) is 0 Å². The number of ketones is 1. The molecule has 34 heavy (non-hydrogen) atoms. The van der Waals surface area contributed by atoms with Gasteiger partial charge in [0.15, 0.2) is 0 Å². The van der Waals surface area contributed by atoms with Gasteiger partial charge in [0.1, 0.15) is 34.9 Å². The molecule has 0 saturated carbocycles. The quantitative estimate of drug-likeness (QED) is 0.295. The third-order valence-electron chi connectivity index (χ3n) is 5.64. The predicted molar refractivity (Wildman–Crippen MR) is 122 cm³/mol. The van der Waals surface area contributed by atoms with Crippen molar-refractivity contribution in [3.05, 3.63) is 88.1 Å². The van der Waals surface area contributed by atoms with Crippen LogP contribution in [-0.4, -0.2) is 42.5 Å². The lowest BCUT2D eigenvalue weighted by Crippen LogP contribution is -2.31. The third-order valence-corrected chi connectivity index (χ3v) is 5.93. The van der Waals surface area contributed by atoms with Gasteiger partial charge in [0.25, 0.3) is 11.7 Å². The van der Waals surface area contributed by atoms with E-state index in [-0.39, 0.29) is 40.0 Å². The average molecular weight is 486 g/mol. The van der Waals surface area contributed by atoms with Crippen LogP contribution in [0.5, 0.6) is 11.5 Å². The fourth-order valence-electron chi connectivity index (χ4n) is 3.94. The van der Waals surface area contributed by atoms with Crippen molar-refractivity contribution in [2.24, 2.45) is 0 Å². The number of aliphatic hydroxyl groups excluding tert-OH is 1. The Morgan fingerprint density at radius 2 is 1.82 bits per heavy atom.